The molecule has 0 N–H and O–H groups in total. The molecule has 0 aliphatic rings. The summed E-state index contributed by atoms with van der Waals surface area (Å²) in [6.07, 6.45) is 3.37. The van der Waals surface area contributed by atoms with Crippen LogP contribution in [0, 0.1) is 0 Å². The highest BCUT2D eigenvalue weighted by Crippen LogP contribution is 2.26. The lowest BCUT2D eigenvalue weighted by Crippen LogP contribution is -1.93. The fraction of sp³-hybridized carbons (Fsp3) is 0.0588. The summed E-state index contributed by atoms with van der Waals surface area (Å²) in [4.78, 5) is 8.47. The van der Waals surface area contributed by atoms with Crippen LogP contribution in [0.1, 0.15) is 0 Å². The van der Waals surface area contributed by atoms with Crippen LogP contribution in [-0.4, -0.2) is 24.9 Å². The molecule has 3 heterocycles. The molecular weight excluding hydrogens is 326 g/mol. The summed E-state index contributed by atoms with van der Waals surface area (Å²) in [6.45, 7) is 0. The third kappa shape index (κ3) is 2.68. The fourth-order valence-corrected chi connectivity index (χ4v) is 2.55. The Labute approximate surface area is 142 Å². The van der Waals surface area contributed by atoms with Gasteiger partial charge in [-0.2, -0.15) is 10.1 Å². The van der Waals surface area contributed by atoms with Crippen molar-refractivity contribution in [3.05, 3.63) is 60.0 Å². The Bertz CT molecular complexity index is 990. The molecule has 0 aliphatic carbocycles. The molecule has 0 saturated heterocycles. The molecule has 0 atom stereocenters. The molecule has 0 radical (unpaired) electrons. The van der Waals surface area contributed by atoms with Gasteiger partial charge in [-0.3, -0.25) is 4.68 Å². The fourth-order valence-electron chi connectivity index (χ4n) is 2.43. The normalized spacial score (nSPS) is 10.9. The first kappa shape index (κ1) is 14.6. The summed E-state index contributed by atoms with van der Waals surface area (Å²) in [7, 11) is 1.90. The zero-order valence-corrected chi connectivity index (χ0v) is 13.5. The van der Waals surface area contributed by atoms with E-state index in [1.54, 1.807) is 24.5 Å². The van der Waals surface area contributed by atoms with Crippen molar-refractivity contribution in [3.8, 4) is 34.1 Å². The van der Waals surface area contributed by atoms with Crippen molar-refractivity contribution in [1.82, 2.24) is 24.9 Å². The van der Waals surface area contributed by atoms with E-state index in [2.05, 4.69) is 20.2 Å². The lowest BCUT2D eigenvalue weighted by molar-refractivity contribution is 0.432. The van der Waals surface area contributed by atoms with Crippen molar-refractivity contribution >= 4 is 11.6 Å². The second-order valence-corrected chi connectivity index (χ2v) is 5.60. The number of benzene rings is 1. The summed E-state index contributed by atoms with van der Waals surface area (Å²) >= 11 is 5.79. The average molecular weight is 338 g/mol. The maximum absolute atomic E-state index is 5.79. The maximum Gasteiger partial charge on any atom is 0.259 e. The molecule has 0 saturated carbocycles. The lowest BCUT2D eigenvalue weighted by Gasteiger charge is -2.03. The zero-order chi connectivity index (χ0) is 16.5. The van der Waals surface area contributed by atoms with Gasteiger partial charge in [-0.05, 0) is 24.3 Å². The number of nitrogens with zero attached hydrogens (tertiary/aromatic N) is 5. The van der Waals surface area contributed by atoms with E-state index in [4.69, 9.17) is 16.1 Å². The van der Waals surface area contributed by atoms with Crippen LogP contribution < -0.4 is 0 Å². The first-order chi connectivity index (χ1) is 11.7. The number of pyridine rings is 1. The van der Waals surface area contributed by atoms with Gasteiger partial charge in [0.2, 0.25) is 5.82 Å². The van der Waals surface area contributed by atoms with Crippen molar-refractivity contribution in [2.75, 3.05) is 0 Å². The van der Waals surface area contributed by atoms with E-state index >= 15 is 0 Å². The summed E-state index contributed by atoms with van der Waals surface area (Å²) in [6, 6.07) is 13.4. The number of hydrogen-bond acceptors (Lipinski definition) is 5. The first-order valence-electron chi connectivity index (χ1n) is 7.25. The van der Waals surface area contributed by atoms with Gasteiger partial charge in [0, 0.05) is 30.6 Å². The summed E-state index contributed by atoms with van der Waals surface area (Å²) in [5.74, 6) is 0.920. The standard InChI is InChI=1S/C17H12ClN5O/c1-23-14(7-8-20-23)11-3-2-4-12(9-11)16-21-17(24-22-16)13-5-6-15(18)19-10-13/h2-10H,1H3. The molecule has 1 aromatic carbocycles. The Morgan fingerprint density at radius 3 is 2.67 bits per heavy atom. The molecule has 3 aromatic heterocycles. The van der Waals surface area contributed by atoms with Gasteiger partial charge < -0.3 is 4.52 Å². The molecule has 24 heavy (non-hydrogen) atoms. The number of hydrogen-bond donors (Lipinski definition) is 0. The van der Waals surface area contributed by atoms with E-state index in [1.807, 2.05) is 42.1 Å². The van der Waals surface area contributed by atoms with Crippen molar-refractivity contribution in [2.45, 2.75) is 0 Å². The molecule has 118 valence electrons. The van der Waals surface area contributed by atoms with Gasteiger partial charge in [-0.15, -0.1) is 0 Å². The van der Waals surface area contributed by atoms with E-state index < -0.39 is 0 Å². The highest BCUT2D eigenvalue weighted by atomic mass is 35.5. The van der Waals surface area contributed by atoms with Crippen LogP contribution in [-0.2, 0) is 7.05 Å². The predicted octanol–water partition coefficient (Wildman–Crippen LogP) is 3.85. The highest BCUT2D eigenvalue weighted by Gasteiger charge is 2.12. The molecule has 0 spiro atoms. The van der Waals surface area contributed by atoms with Crippen LogP contribution in [0.15, 0.2) is 59.4 Å². The first-order valence-corrected chi connectivity index (χ1v) is 7.63. The number of aromatic nitrogens is 5. The van der Waals surface area contributed by atoms with Gasteiger partial charge in [0.15, 0.2) is 0 Å². The quantitative estimate of drug-likeness (QED) is 0.531. The molecule has 0 unspecified atom stereocenters. The third-order valence-corrected chi connectivity index (χ3v) is 3.86. The van der Waals surface area contributed by atoms with Gasteiger partial charge in [-0.25, -0.2) is 4.98 Å². The van der Waals surface area contributed by atoms with Crippen LogP contribution in [0.4, 0.5) is 0 Å². The largest absolute Gasteiger partial charge is 0.334 e. The Balaban J connectivity index is 1.70. The second kappa shape index (κ2) is 5.90. The Hall–Kier alpha value is -2.99. The molecule has 0 aliphatic heterocycles. The minimum atomic E-state index is 0.403. The highest BCUT2D eigenvalue weighted by molar-refractivity contribution is 6.29. The summed E-state index contributed by atoms with van der Waals surface area (Å²) < 4.78 is 7.16. The molecule has 0 bridgehead atoms. The molecular formula is C17H12ClN5O. The monoisotopic (exact) mass is 337 g/mol. The summed E-state index contributed by atoms with van der Waals surface area (Å²) in [5, 5.41) is 8.68. The van der Waals surface area contributed by atoms with Gasteiger partial charge in [0.1, 0.15) is 5.15 Å². The maximum atomic E-state index is 5.79. The molecule has 6 nitrogen and oxygen atoms in total. The van der Waals surface area contributed by atoms with Gasteiger partial charge >= 0.3 is 0 Å². The Morgan fingerprint density at radius 1 is 1.04 bits per heavy atom. The van der Waals surface area contributed by atoms with Gasteiger partial charge in [0.05, 0.1) is 11.3 Å². The van der Waals surface area contributed by atoms with Gasteiger partial charge in [0.25, 0.3) is 5.89 Å². The SMILES string of the molecule is Cn1nccc1-c1cccc(-c2noc(-c3ccc(Cl)nc3)n2)c1. The Kier molecular flexibility index (Phi) is 3.59. The number of halogens is 1. The molecule has 7 heteroatoms. The minimum Gasteiger partial charge on any atom is -0.334 e. The lowest BCUT2D eigenvalue weighted by atomic mass is 10.1. The smallest absolute Gasteiger partial charge is 0.259 e. The van der Waals surface area contributed by atoms with Crippen molar-refractivity contribution in [1.29, 1.82) is 0 Å². The van der Waals surface area contributed by atoms with Crippen LogP contribution in [0.5, 0.6) is 0 Å². The predicted molar refractivity (Wildman–Crippen MR) is 90.2 cm³/mol. The Morgan fingerprint density at radius 2 is 1.92 bits per heavy atom. The van der Waals surface area contributed by atoms with E-state index in [0.29, 0.717) is 16.9 Å². The molecule has 0 fully saturated rings. The van der Waals surface area contributed by atoms with Crippen LogP contribution >= 0.6 is 11.6 Å². The number of rotatable bonds is 3. The van der Waals surface area contributed by atoms with Crippen LogP contribution in [0.3, 0.4) is 0 Å². The molecule has 4 aromatic rings. The minimum absolute atomic E-state index is 0.403. The van der Waals surface area contributed by atoms with Crippen molar-refractivity contribution in [3.63, 3.8) is 0 Å². The van der Waals surface area contributed by atoms with Gasteiger partial charge in [-0.1, -0.05) is 35.0 Å². The second-order valence-electron chi connectivity index (χ2n) is 5.21. The van der Waals surface area contributed by atoms with E-state index in [0.717, 1.165) is 22.4 Å². The van der Waals surface area contributed by atoms with E-state index in [1.165, 1.54) is 0 Å². The average Bonchev–Trinajstić information content (AvgIpc) is 3.25. The van der Waals surface area contributed by atoms with Crippen molar-refractivity contribution in [2.24, 2.45) is 7.05 Å². The topological polar surface area (TPSA) is 69.6 Å². The number of aryl methyl sites for hydroxylation is 1. The van der Waals surface area contributed by atoms with Crippen LogP contribution in [0.25, 0.3) is 34.1 Å². The van der Waals surface area contributed by atoms with Crippen molar-refractivity contribution < 1.29 is 4.52 Å². The van der Waals surface area contributed by atoms with E-state index in [-0.39, 0.29) is 0 Å². The molecule has 4 rings (SSSR count). The zero-order valence-electron chi connectivity index (χ0n) is 12.7. The van der Waals surface area contributed by atoms with Crippen LogP contribution in [0.2, 0.25) is 5.15 Å². The molecule has 0 amide bonds. The van der Waals surface area contributed by atoms with E-state index in [9.17, 15) is 0 Å². The summed E-state index contributed by atoms with van der Waals surface area (Å²) in [5.41, 5.74) is 3.64. The third-order valence-electron chi connectivity index (χ3n) is 3.64.